The van der Waals surface area contributed by atoms with Gasteiger partial charge in [-0.15, -0.1) is 0 Å². The van der Waals surface area contributed by atoms with Crippen molar-refractivity contribution in [3.8, 4) is 0 Å². The van der Waals surface area contributed by atoms with Crippen LogP contribution in [0.2, 0.25) is 0 Å². The van der Waals surface area contributed by atoms with Crippen molar-refractivity contribution in [2.45, 2.75) is 41.5 Å². The first-order valence-electron chi connectivity index (χ1n) is 6.46. The second kappa shape index (κ2) is 8.37. The molecule has 0 heterocycles. The van der Waals surface area contributed by atoms with Crippen LogP contribution in [0.1, 0.15) is 33.4 Å². The molecule has 0 spiro atoms. The molecule has 0 unspecified atom stereocenters. The standard InChI is InChI=1S/2C9H12.Ta/c2*1-7-4-8(2)6-9(3)5-7;/h2*4-6H,1-3H3;. The Balaban J connectivity index is 0.000000324. The van der Waals surface area contributed by atoms with Crippen LogP contribution >= 0.6 is 0 Å². The average molecular weight is 421 g/mol. The predicted octanol–water partition coefficient (Wildman–Crippen LogP) is 5.22. The molecule has 0 amide bonds. The molecule has 2 aromatic rings. The molecule has 0 bridgehead atoms. The Kier molecular flexibility index (Phi) is 8.01. The summed E-state index contributed by atoms with van der Waals surface area (Å²) in [5.74, 6) is 0. The van der Waals surface area contributed by atoms with Gasteiger partial charge in [-0.05, 0) is 41.5 Å². The van der Waals surface area contributed by atoms with Crippen molar-refractivity contribution in [1.29, 1.82) is 0 Å². The van der Waals surface area contributed by atoms with Crippen molar-refractivity contribution in [1.82, 2.24) is 0 Å². The molecule has 2 aromatic carbocycles. The maximum absolute atomic E-state index is 2.19. The van der Waals surface area contributed by atoms with Gasteiger partial charge in [0.1, 0.15) is 0 Å². The smallest absolute Gasteiger partial charge is 0 e. The summed E-state index contributed by atoms with van der Waals surface area (Å²) in [4.78, 5) is 0. The molecular weight excluding hydrogens is 397 g/mol. The van der Waals surface area contributed by atoms with Crippen LogP contribution in [0.5, 0.6) is 0 Å². The van der Waals surface area contributed by atoms with Crippen molar-refractivity contribution in [3.63, 3.8) is 0 Å². The van der Waals surface area contributed by atoms with Crippen LogP contribution in [0.3, 0.4) is 0 Å². The largest absolute Gasteiger partial charge is 0.0564 e. The molecule has 19 heavy (non-hydrogen) atoms. The fraction of sp³-hybridized carbons (Fsp3) is 0.333. The Hall–Kier alpha value is -0.820. The van der Waals surface area contributed by atoms with Crippen molar-refractivity contribution in [2.75, 3.05) is 0 Å². The van der Waals surface area contributed by atoms with Gasteiger partial charge in [-0.2, -0.15) is 0 Å². The van der Waals surface area contributed by atoms with Crippen molar-refractivity contribution < 1.29 is 22.4 Å². The van der Waals surface area contributed by atoms with E-state index in [1.165, 1.54) is 33.4 Å². The zero-order chi connectivity index (χ0) is 13.7. The maximum Gasteiger partial charge on any atom is 0 e. The minimum absolute atomic E-state index is 0. The topological polar surface area (TPSA) is 0 Å². The molecule has 2 rings (SSSR count). The van der Waals surface area contributed by atoms with E-state index in [1.54, 1.807) is 0 Å². The summed E-state index contributed by atoms with van der Waals surface area (Å²) in [6.07, 6.45) is 0. The summed E-state index contributed by atoms with van der Waals surface area (Å²) in [5.41, 5.74) is 8.13. The van der Waals surface area contributed by atoms with Crippen LogP contribution in [-0.4, -0.2) is 0 Å². The van der Waals surface area contributed by atoms with Gasteiger partial charge in [-0.25, -0.2) is 0 Å². The number of benzene rings is 2. The van der Waals surface area contributed by atoms with Crippen molar-refractivity contribution >= 4 is 0 Å². The van der Waals surface area contributed by atoms with Crippen LogP contribution in [0.25, 0.3) is 0 Å². The first kappa shape index (κ1) is 18.2. The van der Waals surface area contributed by atoms with E-state index in [9.17, 15) is 0 Å². The second-order valence-corrected chi connectivity index (χ2v) is 5.33. The van der Waals surface area contributed by atoms with Gasteiger partial charge >= 0.3 is 0 Å². The van der Waals surface area contributed by atoms with Gasteiger partial charge in [0.15, 0.2) is 0 Å². The number of hydrogen-bond acceptors (Lipinski definition) is 0. The summed E-state index contributed by atoms with van der Waals surface area (Å²) in [5, 5.41) is 0. The third kappa shape index (κ3) is 7.37. The molecule has 0 nitrogen and oxygen atoms in total. The van der Waals surface area contributed by atoms with Crippen LogP contribution in [0, 0.1) is 41.5 Å². The van der Waals surface area contributed by atoms with Crippen molar-refractivity contribution in [2.24, 2.45) is 0 Å². The molecule has 0 fully saturated rings. The Labute approximate surface area is 133 Å². The van der Waals surface area contributed by atoms with Gasteiger partial charge < -0.3 is 0 Å². The molecule has 0 saturated heterocycles. The minimum Gasteiger partial charge on any atom is -0.0564 e. The third-order valence-electron chi connectivity index (χ3n) is 2.73. The van der Waals surface area contributed by atoms with Crippen LogP contribution < -0.4 is 0 Å². The molecule has 0 aliphatic heterocycles. The predicted molar refractivity (Wildman–Crippen MR) is 81.3 cm³/mol. The van der Waals surface area contributed by atoms with Crippen LogP contribution in [0.4, 0.5) is 0 Å². The summed E-state index contributed by atoms with van der Waals surface area (Å²) < 4.78 is 0. The Morgan fingerprint density at radius 3 is 0.579 bits per heavy atom. The van der Waals surface area contributed by atoms with Gasteiger partial charge in [0.2, 0.25) is 0 Å². The van der Waals surface area contributed by atoms with Crippen LogP contribution in [-0.2, 0) is 22.4 Å². The molecule has 1 heteroatoms. The molecular formula is C18H24Ta. The number of aryl methyl sites for hydroxylation is 6. The van der Waals surface area contributed by atoms with Gasteiger partial charge in [-0.1, -0.05) is 69.8 Å². The van der Waals surface area contributed by atoms with E-state index in [1.807, 2.05) is 0 Å². The van der Waals surface area contributed by atoms with E-state index in [0.29, 0.717) is 0 Å². The minimum atomic E-state index is 0. The molecule has 0 atom stereocenters. The zero-order valence-corrected chi connectivity index (χ0v) is 16.1. The van der Waals surface area contributed by atoms with Crippen molar-refractivity contribution in [3.05, 3.63) is 69.8 Å². The van der Waals surface area contributed by atoms with E-state index in [0.717, 1.165) is 0 Å². The van der Waals surface area contributed by atoms with Gasteiger partial charge in [0, 0.05) is 22.4 Å². The molecule has 0 N–H and O–H groups in total. The maximum atomic E-state index is 2.19. The summed E-state index contributed by atoms with van der Waals surface area (Å²) >= 11 is 0. The molecule has 0 aliphatic carbocycles. The third-order valence-corrected chi connectivity index (χ3v) is 2.73. The average Bonchev–Trinajstić information content (AvgIpc) is 2.12. The Morgan fingerprint density at radius 2 is 0.474 bits per heavy atom. The Morgan fingerprint density at radius 1 is 0.368 bits per heavy atom. The van der Waals surface area contributed by atoms with Gasteiger partial charge in [-0.3, -0.25) is 0 Å². The first-order valence-corrected chi connectivity index (χ1v) is 6.46. The van der Waals surface area contributed by atoms with E-state index < -0.39 is 0 Å². The molecule has 0 aromatic heterocycles. The molecule has 101 valence electrons. The summed E-state index contributed by atoms with van der Waals surface area (Å²) in [6, 6.07) is 13.1. The normalized spacial score (nSPS) is 9.16. The van der Waals surface area contributed by atoms with E-state index in [2.05, 4.69) is 77.9 Å². The Bertz CT molecular complexity index is 377. The van der Waals surface area contributed by atoms with E-state index in [-0.39, 0.29) is 22.4 Å². The summed E-state index contributed by atoms with van der Waals surface area (Å²) in [6.45, 7) is 12.8. The monoisotopic (exact) mass is 421 g/mol. The van der Waals surface area contributed by atoms with Crippen LogP contribution in [0.15, 0.2) is 36.4 Å². The van der Waals surface area contributed by atoms with E-state index >= 15 is 0 Å². The second-order valence-electron chi connectivity index (χ2n) is 5.33. The molecule has 0 saturated carbocycles. The quantitative estimate of drug-likeness (QED) is 0.547. The summed E-state index contributed by atoms with van der Waals surface area (Å²) in [7, 11) is 0. The fourth-order valence-electron chi connectivity index (χ4n) is 2.40. The first-order chi connectivity index (χ1) is 8.36. The number of hydrogen-bond donors (Lipinski definition) is 0. The van der Waals surface area contributed by atoms with Gasteiger partial charge in [0.05, 0.1) is 0 Å². The zero-order valence-electron chi connectivity index (χ0n) is 12.9. The fourth-order valence-corrected chi connectivity index (χ4v) is 2.40. The van der Waals surface area contributed by atoms with Gasteiger partial charge in [0.25, 0.3) is 0 Å². The number of rotatable bonds is 0. The molecule has 1 radical (unpaired) electrons. The van der Waals surface area contributed by atoms with E-state index in [4.69, 9.17) is 0 Å². The SMILES string of the molecule is Cc1cc(C)cc(C)c1.Cc1cc(C)cc(C)c1.[Ta]. The molecule has 0 aliphatic rings.